The van der Waals surface area contributed by atoms with Crippen LogP contribution in [0, 0.1) is 0 Å². The molecule has 17 heavy (non-hydrogen) atoms. The van der Waals surface area contributed by atoms with Gasteiger partial charge in [-0.05, 0) is 6.54 Å². The third kappa shape index (κ3) is 5.41. The Morgan fingerprint density at radius 2 is 2.41 bits per heavy atom. The highest BCUT2D eigenvalue weighted by atomic mass is 16.5. The third-order valence-electron chi connectivity index (χ3n) is 2.08. The topological polar surface area (TPSA) is 81.1 Å². The molecule has 0 unspecified atom stereocenters. The predicted molar refractivity (Wildman–Crippen MR) is 62.3 cm³/mol. The first-order valence-corrected chi connectivity index (χ1v) is 5.61. The maximum absolute atomic E-state index is 11.4. The van der Waals surface area contributed by atoms with Crippen LogP contribution in [-0.2, 0) is 22.6 Å². The minimum absolute atomic E-state index is 0.0954. The van der Waals surface area contributed by atoms with E-state index in [0.29, 0.717) is 19.7 Å². The Balaban J connectivity index is 2.30. The maximum atomic E-state index is 11.4. The summed E-state index contributed by atoms with van der Waals surface area (Å²) >= 11 is 0. The summed E-state index contributed by atoms with van der Waals surface area (Å²) in [6.07, 6.45) is 1.76. The van der Waals surface area contributed by atoms with Crippen molar-refractivity contribution in [2.75, 3.05) is 26.8 Å². The van der Waals surface area contributed by atoms with Crippen LogP contribution in [-0.4, -0.2) is 47.7 Å². The van der Waals surface area contributed by atoms with E-state index in [2.05, 4.69) is 20.9 Å². The van der Waals surface area contributed by atoms with Crippen LogP contribution in [0.1, 0.15) is 12.6 Å². The second kappa shape index (κ2) is 7.75. The summed E-state index contributed by atoms with van der Waals surface area (Å²) in [5.74, 6) is -0.0954. The minimum Gasteiger partial charge on any atom is -0.383 e. The van der Waals surface area contributed by atoms with Crippen LogP contribution in [0.2, 0.25) is 0 Å². The van der Waals surface area contributed by atoms with Crippen LogP contribution in [0.15, 0.2) is 6.20 Å². The molecule has 1 aromatic rings. The second-order valence-electron chi connectivity index (χ2n) is 3.53. The fourth-order valence-corrected chi connectivity index (χ4v) is 1.25. The van der Waals surface area contributed by atoms with Gasteiger partial charge >= 0.3 is 0 Å². The smallest absolute Gasteiger partial charge is 0.241 e. The lowest BCUT2D eigenvalue weighted by atomic mass is 10.4. The summed E-state index contributed by atoms with van der Waals surface area (Å²) in [7, 11) is 1.59. The number of ether oxygens (including phenoxy) is 1. The van der Waals surface area contributed by atoms with Gasteiger partial charge in [-0.2, -0.15) is 0 Å². The van der Waals surface area contributed by atoms with Gasteiger partial charge in [0.1, 0.15) is 6.54 Å². The molecule has 7 nitrogen and oxygen atoms in total. The summed E-state index contributed by atoms with van der Waals surface area (Å²) in [5, 5.41) is 13.7. The van der Waals surface area contributed by atoms with Crippen LogP contribution in [0.4, 0.5) is 0 Å². The van der Waals surface area contributed by atoms with Crippen molar-refractivity contribution in [1.82, 2.24) is 25.6 Å². The highest BCUT2D eigenvalue weighted by Crippen LogP contribution is 1.92. The molecule has 1 aromatic heterocycles. The van der Waals surface area contributed by atoms with E-state index in [4.69, 9.17) is 4.74 Å². The zero-order valence-corrected chi connectivity index (χ0v) is 10.3. The number of hydrogen-bond acceptors (Lipinski definition) is 5. The van der Waals surface area contributed by atoms with E-state index in [1.807, 2.05) is 6.92 Å². The molecule has 0 fully saturated rings. The SMILES string of the molecule is CCNCc1cn(CC(=O)NCCOC)nn1. The van der Waals surface area contributed by atoms with Crippen LogP contribution < -0.4 is 10.6 Å². The number of amides is 1. The molecule has 0 atom stereocenters. The van der Waals surface area contributed by atoms with E-state index in [1.54, 1.807) is 13.3 Å². The molecule has 1 amide bonds. The Morgan fingerprint density at radius 1 is 1.59 bits per heavy atom. The monoisotopic (exact) mass is 241 g/mol. The van der Waals surface area contributed by atoms with Crippen molar-refractivity contribution in [2.24, 2.45) is 0 Å². The van der Waals surface area contributed by atoms with Gasteiger partial charge in [-0.1, -0.05) is 12.1 Å². The summed E-state index contributed by atoms with van der Waals surface area (Å²) in [5.41, 5.74) is 0.830. The molecule has 1 rings (SSSR count). The number of methoxy groups -OCH3 is 1. The molecule has 0 bridgehead atoms. The van der Waals surface area contributed by atoms with E-state index in [9.17, 15) is 4.79 Å². The van der Waals surface area contributed by atoms with Crippen LogP contribution in [0.25, 0.3) is 0 Å². The molecule has 1 heterocycles. The van der Waals surface area contributed by atoms with Gasteiger partial charge in [-0.25, -0.2) is 4.68 Å². The van der Waals surface area contributed by atoms with Gasteiger partial charge in [-0.3, -0.25) is 4.79 Å². The first-order valence-electron chi connectivity index (χ1n) is 5.61. The quantitative estimate of drug-likeness (QED) is 0.579. The number of rotatable bonds is 8. The van der Waals surface area contributed by atoms with Gasteiger partial charge in [-0.15, -0.1) is 5.10 Å². The first-order chi connectivity index (χ1) is 8.26. The number of carbonyl (C=O) groups is 1. The molecule has 0 aromatic carbocycles. The van der Waals surface area contributed by atoms with Crippen molar-refractivity contribution >= 4 is 5.91 Å². The van der Waals surface area contributed by atoms with Gasteiger partial charge in [0.25, 0.3) is 0 Å². The molecule has 96 valence electrons. The fourth-order valence-electron chi connectivity index (χ4n) is 1.25. The van der Waals surface area contributed by atoms with Crippen molar-refractivity contribution in [3.63, 3.8) is 0 Å². The lowest BCUT2D eigenvalue weighted by Gasteiger charge is -2.03. The first kappa shape index (κ1) is 13.6. The molecule has 0 radical (unpaired) electrons. The zero-order valence-electron chi connectivity index (χ0n) is 10.3. The molecular formula is C10H19N5O2. The lowest BCUT2D eigenvalue weighted by Crippen LogP contribution is -2.30. The Kier molecular flexibility index (Phi) is 6.19. The number of aromatic nitrogens is 3. The van der Waals surface area contributed by atoms with Crippen molar-refractivity contribution in [3.8, 4) is 0 Å². The molecule has 0 spiro atoms. The van der Waals surface area contributed by atoms with Crippen LogP contribution >= 0.6 is 0 Å². The standard InChI is InChI=1S/C10H19N5O2/c1-3-11-6-9-7-15(14-13-9)8-10(16)12-4-5-17-2/h7,11H,3-6,8H2,1-2H3,(H,12,16). The van der Waals surface area contributed by atoms with Gasteiger partial charge in [0.05, 0.1) is 18.5 Å². The van der Waals surface area contributed by atoms with Crippen LogP contribution in [0.5, 0.6) is 0 Å². The minimum atomic E-state index is -0.0954. The van der Waals surface area contributed by atoms with Gasteiger partial charge in [0.15, 0.2) is 0 Å². The Labute approximate surface area is 101 Å². The van der Waals surface area contributed by atoms with Crippen LogP contribution in [0.3, 0.4) is 0 Å². The van der Waals surface area contributed by atoms with Gasteiger partial charge in [0.2, 0.25) is 5.91 Å². The van der Waals surface area contributed by atoms with E-state index in [0.717, 1.165) is 12.2 Å². The average molecular weight is 241 g/mol. The second-order valence-corrected chi connectivity index (χ2v) is 3.53. The Hall–Kier alpha value is -1.47. The van der Waals surface area contributed by atoms with E-state index < -0.39 is 0 Å². The van der Waals surface area contributed by atoms with Crippen molar-refractivity contribution < 1.29 is 9.53 Å². The highest BCUT2D eigenvalue weighted by molar-refractivity contribution is 5.75. The normalized spacial score (nSPS) is 10.5. The van der Waals surface area contributed by atoms with E-state index >= 15 is 0 Å². The fraction of sp³-hybridized carbons (Fsp3) is 0.700. The Morgan fingerprint density at radius 3 is 3.12 bits per heavy atom. The summed E-state index contributed by atoms with van der Waals surface area (Å²) < 4.78 is 6.36. The molecule has 0 saturated heterocycles. The molecule has 0 aliphatic carbocycles. The maximum Gasteiger partial charge on any atom is 0.241 e. The predicted octanol–water partition coefficient (Wildman–Crippen LogP) is -0.850. The summed E-state index contributed by atoms with van der Waals surface area (Å²) in [6.45, 7) is 4.77. The van der Waals surface area contributed by atoms with Gasteiger partial charge < -0.3 is 15.4 Å². The number of carbonyl (C=O) groups excluding carboxylic acids is 1. The third-order valence-corrected chi connectivity index (χ3v) is 2.08. The Bertz CT molecular complexity index is 339. The zero-order chi connectivity index (χ0) is 12.5. The largest absolute Gasteiger partial charge is 0.383 e. The van der Waals surface area contributed by atoms with Crippen molar-refractivity contribution in [1.29, 1.82) is 0 Å². The number of nitrogens with zero attached hydrogens (tertiary/aromatic N) is 3. The highest BCUT2D eigenvalue weighted by Gasteiger charge is 2.04. The summed E-state index contributed by atoms with van der Waals surface area (Å²) in [6, 6.07) is 0. The van der Waals surface area contributed by atoms with E-state index in [1.165, 1.54) is 4.68 Å². The van der Waals surface area contributed by atoms with Crippen molar-refractivity contribution in [3.05, 3.63) is 11.9 Å². The molecule has 0 aliphatic heterocycles. The number of hydrogen-bond donors (Lipinski definition) is 2. The van der Waals surface area contributed by atoms with Crippen molar-refractivity contribution in [2.45, 2.75) is 20.0 Å². The molecule has 0 aliphatic rings. The average Bonchev–Trinajstić information content (AvgIpc) is 2.74. The van der Waals surface area contributed by atoms with E-state index in [-0.39, 0.29) is 12.5 Å². The summed E-state index contributed by atoms with van der Waals surface area (Å²) in [4.78, 5) is 11.4. The number of nitrogens with one attached hydrogen (secondary N) is 2. The van der Waals surface area contributed by atoms with Gasteiger partial charge in [0, 0.05) is 20.2 Å². The molecule has 0 saturated carbocycles. The molecule has 7 heteroatoms. The molecular weight excluding hydrogens is 222 g/mol. The molecule has 2 N–H and O–H groups in total. The lowest BCUT2D eigenvalue weighted by molar-refractivity contribution is -0.122.